The van der Waals surface area contributed by atoms with Crippen molar-refractivity contribution in [3.63, 3.8) is 0 Å². The van der Waals surface area contributed by atoms with Crippen LogP contribution in [0.2, 0.25) is 0 Å². The van der Waals surface area contributed by atoms with Gasteiger partial charge < -0.3 is 10.1 Å². The van der Waals surface area contributed by atoms with Crippen molar-refractivity contribution >= 4 is 22.3 Å². The average Bonchev–Trinajstić information content (AvgIpc) is 2.47. The first kappa shape index (κ1) is 13.4. The standard InChI is InChI=1S/C17H15FN2O/c1-11-8-17(20-13-5-3-4-12(18)9-13)15-10-14(21-2)6-7-16(15)19-11/h3-10H,1-2H3,(H,19,20). The van der Waals surface area contributed by atoms with Gasteiger partial charge in [0, 0.05) is 22.5 Å². The van der Waals surface area contributed by atoms with Crippen LogP contribution in [0.3, 0.4) is 0 Å². The lowest BCUT2D eigenvalue weighted by Gasteiger charge is -2.12. The second kappa shape index (κ2) is 5.40. The van der Waals surface area contributed by atoms with Crippen molar-refractivity contribution in [3.8, 4) is 5.75 Å². The minimum atomic E-state index is -0.271. The van der Waals surface area contributed by atoms with E-state index in [9.17, 15) is 4.39 Å². The number of nitrogens with one attached hydrogen (secondary N) is 1. The van der Waals surface area contributed by atoms with Gasteiger partial charge >= 0.3 is 0 Å². The molecule has 0 unspecified atom stereocenters. The van der Waals surface area contributed by atoms with Crippen molar-refractivity contribution in [1.82, 2.24) is 4.98 Å². The Morgan fingerprint density at radius 1 is 1.10 bits per heavy atom. The number of rotatable bonds is 3. The number of aryl methyl sites for hydroxylation is 1. The highest BCUT2D eigenvalue weighted by Crippen LogP contribution is 2.29. The van der Waals surface area contributed by atoms with E-state index in [1.54, 1.807) is 13.2 Å². The zero-order chi connectivity index (χ0) is 14.8. The molecule has 0 aliphatic carbocycles. The van der Waals surface area contributed by atoms with E-state index in [0.29, 0.717) is 5.69 Å². The molecule has 0 atom stereocenters. The normalized spacial score (nSPS) is 10.6. The van der Waals surface area contributed by atoms with Crippen molar-refractivity contribution < 1.29 is 9.13 Å². The Labute approximate surface area is 122 Å². The third-order valence-corrected chi connectivity index (χ3v) is 3.25. The molecule has 3 nitrogen and oxygen atoms in total. The van der Waals surface area contributed by atoms with Crippen molar-refractivity contribution in [1.29, 1.82) is 0 Å². The van der Waals surface area contributed by atoms with Gasteiger partial charge in [0.15, 0.2) is 0 Å². The zero-order valence-corrected chi connectivity index (χ0v) is 11.9. The molecule has 4 heteroatoms. The van der Waals surface area contributed by atoms with Crippen LogP contribution < -0.4 is 10.1 Å². The number of methoxy groups -OCH3 is 1. The van der Waals surface area contributed by atoms with Gasteiger partial charge in [-0.3, -0.25) is 4.98 Å². The third-order valence-electron chi connectivity index (χ3n) is 3.25. The van der Waals surface area contributed by atoms with E-state index in [4.69, 9.17) is 4.74 Å². The molecule has 0 spiro atoms. The average molecular weight is 282 g/mol. The van der Waals surface area contributed by atoms with E-state index >= 15 is 0 Å². The molecule has 3 aromatic rings. The first-order valence-corrected chi connectivity index (χ1v) is 6.64. The quantitative estimate of drug-likeness (QED) is 0.771. The summed E-state index contributed by atoms with van der Waals surface area (Å²) in [5.41, 5.74) is 3.34. The number of hydrogen-bond acceptors (Lipinski definition) is 3. The maximum absolute atomic E-state index is 13.3. The summed E-state index contributed by atoms with van der Waals surface area (Å²) in [4.78, 5) is 4.50. The number of nitrogens with zero attached hydrogens (tertiary/aromatic N) is 1. The van der Waals surface area contributed by atoms with E-state index in [1.807, 2.05) is 37.3 Å². The second-order valence-electron chi connectivity index (χ2n) is 4.83. The lowest BCUT2D eigenvalue weighted by Crippen LogP contribution is -1.95. The molecule has 3 rings (SSSR count). The summed E-state index contributed by atoms with van der Waals surface area (Å²) in [7, 11) is 1.63. The summed E-state index contributed by atoms with van der Waals surface area (Å²) in [6.45, 7) is 1.93. The highest BCUT2D eigenvalue weighted by Gasteiger charge is 2.06. The fourth-order valence-electron chi connectivity index (χ4n) is 2.29. The van der Waals surface area contributed by atoms with Crippen LogP contribution in [0, 0.1) is 12.7 Å². The molecule has 106 valence electrons. The Hall–Kier alpha value is -2.62. The molecule has 1 aromatic heterocycles. The van der Waals surface area contributed by atoms with Crippen LogP contribution in [0.25, 0.3) is 10.9 Å². The lowest BCUT2D eigenvalue weighted by molar-refractivity contribution is 0.415. The molecular formula is C17H15FN2O. The van der Waals surface area contributed by atoms with Gasteiger partial charge in [-0.05, 0) is 49.4 Å². The number of halogens is 1. The predicted molar refractivity (Wildman–Crippen MR) is 82.7 cm³/mol. The van der Waals surface area contributed by atoms with Gasteiger partial charge in [0.2, 0.25) is 0 Å². The van der Waals surface area contributed by atoms with Crippen molar-refractivity contribution in [2.45, 2.75) is 6.92 Å². The number of hydrogen-bond donors (Lipinski definition) is 1. The Morgan fingerprint density at radius 3 is 2.71 bits per heavy atom. The number of aromatic nitrogens is 1. The SMILES string of the molecule is COc1ccc2nc(C)cc(Nc3cccc(F)c3)c2c1. The molecule has 2 aromatic carbocycles. The van der Waals surface area contributed by atoms with E-state index in [0.717, 1.165) is 28.0 Å². The lowest BCUT2D eigenvalue weighted by atomic mass is 10.1. The minimum Gasteiger partial charge on any atom is -0.497 e. The molecule has 0 fully saturated rings. The van der Waals surface area contributed by atoms with E-state index < -0.39 is 0 Å². The van der Waals surface area contributed by atoms with Crippen LogP contribution in [0.15, 0.2) is 48.5 Å². The van der Waals surface area contributed by atoms with E-state index in [2.05, 4.69) is 10.3 Å². The van der Waals surface area contributed by atoms with Gasteiger partial charge in [0.05, 0.1) is 12.6 Å². The maximum atomic E-state index is 13.3. The number of fused-ring (bicyclic) bond motifs is 1. The maximum Gasteiger partial charge on any atom is 0.125 e. The summed E-state index contributed by atoms with van der Waals surface area (Å²) in [5.74, 6) is 0.489. The number of benzene rings is 2. The van der Waals surface area contributed by atoms with Crippen LogP contribution in [0.1, 0.15) is 5.69 Å². The first-order valence-electron chi connectivity index (χ1n) is 6.64. The second-order valence-corrected chi connectivity index (χ2v) is 4.83. The summed E-state index contributed by atoms with van der Waals surface area (Å²) in [6.07, 6.45) is 0. The predicted octanol–water partition coefficient (Wildman–Crippen LogP) is 4.43. The highest BCUT2D eigenvalue weighted by atomic mass is 19.1. The molecule has 0 saturated carbocycles. The summed E-state index contributed by atoms with van der Waals surface area (Å²) in [6, 6.07) is 14.0. The molecule has 0 aliphatic rings. The van der Waals surface area contributed by atoms with Gasteiger partial charge in [-0.15, -0.1) is 0 Å². The number of pyridine rings is 1. The molecule has 1 N–H and O–H groups in total. The minimum absolute atomic E-state index is 0.271. The summed E-state index contributed by atoms with van der Waals surface area (Å²) < 4.78 is 18.6. The molecule has 0 saturated heterocycles. The third kappa shape index (κ3) is 2.79. The first-order chi connectivity index (χ1) is 10.2. The van der Waals surface area contributed by atoms with Crippen LogP contribution >= 0.6 is 0 Å². The van der Waals surface area contributed by atoms with Crippen molar-refractivity contribution in [3.05, 3.63) is 60.0 Å². The molecule has 0 bridgehead atoms. The Kier molecular flexibility index (Phi) is 3.44. The van der Waals surface area contributed by atoms with Gasteiger partial charge in [0.1, 0.15) is 11.6 Å². The molecule has 0 aliphatic heterocycles. The Balaban J connectivity index is 2.11. The largest absolute Gasteiger partial charge is 0.497 e. The van der Waals surface area contributed by atoms with Crippen molar-refractivity contribution in [2.75, 3.05) is 12.4 Å². The Bertz CT molecular complexity index is 802. The molecule has 21 heavy (non-hydrogen) atoms. The summed E-state index contributed by atoms with van der Waals surface area (Å²) >= 11 is 0. The van der Waals surface area contributed by atoms with Gasteiger partial charge in [0.25, 0.3) is 0 Å². The van der Waals surface area contributed by atoms with Gasteiger partial charge in [-0.25, -0.2) is 4.39 Å². The fraction of sp³-hybridized carbons (Fsp3) is 0.118. The van der Waals surface area contributed by atoms with Crippen LogP contribution in [0.5, 0.6) is 5.75 Å². The van der Waals surface area contributed by atoms with Crippen LogP contribution in [-0.4, -0.2) is 12.1 Å². The smallest absolute Gasteiger partial charge is 0.125 e. The van der Waals surface area contributed by atoms with Crippen LogP contribution in [-0.2, 0) is 0 Å². The zero-order valence-electron chi connectivity index (χ0n) is 11.9. The van der Waals surface area contributed by atoms with E-state index in [1.165, 1.54) is 12.1 Å². The van der Waals surface area contributed by atoms with Gasteiger partial charge in [-0.1, -0.05) is 6.07 Å². The molecular weight excluding hydrogens is 267 g/mol. The molecule has 0 radical (unpaired) electrons. The van der Waals surface area contributed by atoms with Gasteiger partial charge in [-0.2, -0.15) is 0 Å². The molecule has 0 amide bonds. The number of ether oxygens (including phenoxy) is 1. The van der Waals surface area contributed by atoms with E-state index in [-0.39, 0.29) is 5.82 Å². The fourth-order valence-corrected chi connectivity index (χ4v) is 2.29. The Morgan fingerprint density at radius 2 is 1.95 bits per heavy atom. The van der Waals surface area contributed by atoms with Crippen LogP contribution in [0.4, 0.5) is 15.8 Å². The number of anilines is 2. The van der Waals surface area contributed by atoms with Crippen molar-refractivity contribution in [2.24, 2.45) is 0 Å². The highest BCUT2D eigenvalue weighted by molar-refractivity contribution is 5.94. The molecule has 1 heterocycles. The monoisotopic (exact) mass is 282 g/mol. The summed E-state index contributed by atoms with van der Waals surface area (Å²) in [5, 5.41) is 4.18. The topological polar surface area (TPSA) is 34.1 Å².